The van der Waals surface area contributed by atoms with Crippen LogP contribution in [-0.4, -0.2) is 25.3 Å². The van der Waals surface area contributed by atoms with Gasteiger partial charge in [-0.15, -0.1) is 0 Å². The average Bonchev–Trinajstić information content (AvgIpc) is 2.34. The van der Waals surface area contributed by atoms with Gasteiger partial charge in [-0.1, -0.05) is 0 Å². The van der Waals surface area contributed by atoms with Gasteiger partial charge in [0.2, 0.25) is 0 Å². The Hall–Kier alpha value is -2.06. The number of carbonyl (C=O) groups is 1. The predicted molar refractivity (Wildman–Crippen MR) is 62.2 cm³/mol. The zero-order valence-corrected chi connectivity index (χ0v) is 9.55. The Balaban J connectivity index is 2.31. The Kier molecular flexibility index (Phi) is 4.98. The molecule has 0 saturated carbocycles. The zero-order chi connectivity index (χ0) is 12.7. The van der Waals surface area contributed by atoms with Crippen LogP contribution in [0.15, 0.2) is 24.3 Å². The van der Waals surface area contributed by atoms with Crippen LogP contribution < -0.4 is 5.73 Å². The fourth-order valence-corrected chi connectivity index (χ4v) is 1.10. The number of esters is 1. The van der Waals surface area contributed by atoms with Crippen LogP contribution in [0.5, 0.6) is 0 Å². The van der Waals surface area contributed by atoms with E-state index in [9.17, 15) is 4.79 Å². The van der Waals surface area contributed by atoms with Crippen molar-refractivity contribution in [2.24, 2.45) is 0 Å². The molecule has 5 nitrogen and oxygen atoms in total. The summed E-state index contributed by atoms with van der Waals surface area (Å²) < 4.78 is 9.99. The number of nitrogens with two attached hydrogens (primary N) is 1. The van der Waals surface area contributed by atoms with Crippen LogP contribution >= 0.6 is 0 Å². The maximum absolute atomic E-state index is 11.5. The van der Waals surface area contributed by atoms with E-state index in [1.54, 1.807) is 31.2 Å². The molecule has 1 rings (SSSR count). The molecule has 0 spiro atoms. The van der Waals surface area contributed by atoms with Crippen LogP contribution in [0.2, 0.25) is 0 Å². The Morgan fingerprint density at radius 2 is 2.06 bits per heavy atom. The van der Waals surface area contributed by atoms with Crippen LogP contribution in [0, 0.1) is 11.3 Å². The van der Waals surface area contributed by atoms with E-state index in [1.165, 1.54) is 0 Å². The summed E-state index contributed by atoms with van der Waals surface area (Å²) in [4.78, 5) is 11.5. The number of nitrogen functional groups attached to an aromatic ring is 1. The van der Waals surface area contributed by atoms with Crippen LogP contribution in [0.3, 0.4) is 0 Å². The highest BCUT2D eigenvalue weighted by atomic mass is 16.6. The molecule has 1 atom stereocenters. The van der Waals surface area contributed by atoms with Crippen LogP contribution in [0.1, 0.15) is 17.3 Å². The lowest BCUT2D eigenvalue weighted by Gasteiger charge is -2.07. The fourth-order valence-electron chi connectivity index (χ4n) is 1.10. The van der Waals surface area contributed by atoms with Gasteiger partial charge in [0.15, 0.2) is 0 Å². The number of hydrogen-bond acceptors (Lipinski definition) is 5. The first kappa shape index (κ1) is 13.0. The second-order valence-electron chi connectivity index (χ2n) is 3.40. The largest absolute Gasteiger partial charge is 0.460 e. The smallest absolute Gasteiger partial charge is 0.338 e. The normalized spacial score (nSPS) is 11.5. The maximum atomic E-state index is 11.5. The molecule has 0 fully saturated rings. The van der Waals surface area contributed by atoms with Gasteiger partial charge in [0.25, 0.3) is 0 Å². The van der Waals surface area contributed by atoms with Gasteiger partial charge in [-0.2, -0.15) is 5.26 Å². The lowest BCUT2D eigenvalue weighted by molar-refractivity contribution is 0.0247. The van der Waals surface area contributed by atoms with Crippen LogP contribution in [0.25, 0.3) is 0 Å². The lowest BCUT2D eigenvalue weighted by atomic mass is 10.2. The molecular formula is C12H14N2O3. The van der Waals surface area contributed by atoms with Crippen molar-refractivity contribution in [1.82, 2.24) is 0 Å². The van der Waals surface area contributed by atoms with Gasteiger partial charge in [-0.05, 0) is 31.2 Å². The van der Waals surface area contributed by atoms with Gasteiger partial charge < -0.3 is 15.2 Å². The molecule has 0 aliphatic rings. The standard InChI is InChI=1S/C12H14N2O3/c1-9(8-13)16-6-7-17-12(15)10-2-4-11(14)5-3-10/h2-5,9H,6-7,14H2,1H3. The molecule has 0 heterocycles. The van der Waals surface area contributed by atoms with Crippen molar-refractivity contribution in [3.05, 3.63) is 29.8 Å². The van der Waals surface area contributed by atoms with Gasteiger partial charge in [-0.3, -0.25) is 0 Å². The summed E-state index contributed by atoms with van der Waals surface area (Å²) in [5.41, 5.74) is 6.52. The number of nitrogens with zero attached hydrogens (tertiary/aromatic N) is 1. The Labute approximate surface area is 99.7 Å². The third-order valence-electron chi connectivity index (χ3n) is 2.01. The molecule has 0 aliphatic carbocycles. The highest BCUT2D eigenvalue weighted by Crippen LogP contribution is 2.06. The molecule has 17 heavy (non-hydrogen) atoms. The second kappa shape index (κ2) is 6.51. The Bertz CT molecular complexity index is 409. The third-order valence-corrected chi connectivity index (χ3v) is 2.01. The van der Waals surface area contributed by atoms with Gasteiger partial charge in [0.1, 0.15) is 12.7 Å². The molecule has 90 valence electrons. The Morgan fingerprint density at radius 3 is 2.65 bits per heavy atom. The van der Waals surface area contributed by atoms with Crippen molar-refractivity contribution >= 4 is 11.7 Å². The second-order valence-corrected chi connectivity index (χ2v) is 3.40. The van der Waals surface area contributed by atoms with Crippen molar-refractivity contribution in [1.29, 1.82) is 5.26 Å². The minimum Gasteiger partial charge on any atom is -0.460 e. The monoisotopic (exact) mass is 234 g/mol. The summed E-state index contributed by atoms with van der Waals surface area (Å²) in [5.74, 6) is -0.432. The minimum atomic E-state index is -0.495. The summed E-state index contributed by atoms with van der Waals surface area (Å²) in [7, 11) is 0. The van der Waals surface area contributed by atoms with E-state index >= 15 is 0 Å². The van der Waals surface area contributed by atoms with Crippen LogP contribution in [0.4, 0.5) is 5.69 Å². The number of carbonyl (C=O) groups excluding carboxylic acids is 1. The molecule has 2 N–H and O–H groups in total. The molecular weight excluding hydrogens is 220 g/mol. The number of ether oxygens (including phenoxy) is 2. The van der Waals surface area contributed by atoms with Gasteiger partial charge >= 0.3 is 5.97 Å². The zero-order valence-electron chi connectivity index (χ0n) is 9.55. The molecule has 0 amide bonds. The first-order valence-electron chi connectivity index (χ1n) is 5.17. The number of nitriles is 1. The quantitative estimate of drug-likeness (QED) is 0.472. The molecule has 1 aromatic rings. The van der Waals surface area contributed by atoms with E-state index in [4.69, 9.17) is 20.5 Å². The molecule has 0 saturated heterocycles. The van der Waals surface area contributed by atoms with Gasteiger partial charge in [-0.25, -0.2) is 4.79 Å². The minimum absolute atomic E-state index is 0.120. The summed E-state index contributed by atoms with van der Waals surface area (Å²) in [6.07, 6.45) is -0.495. The van der Waals surface area contributed by atoms with Crippen molar-refractivity contribution in [3.63, 3.8) is 0 Å². The Morgan fingerprint density at radius 1 is 1.41 bits per heavy atom. The lowest BCUT2D eigenvalue weighted by Crippen LogP contribution is -2.14. The third kappa shape index (κ3) is 4.53. The highest BCUT2D eigenvalue weighted by Gasteiger charge is 2.06. The molecule has 1 unspecified atom stereocenters. The molecule has 1 aromatic carbocycles. The number of hydrogen-bond donors (Lipinski definition) is 1. The van der Waals surface area contributed by atoms with E-state index in [0.717, 1.165) is 0 Å². The SMILES string of the molecule is CC(C#N)OCCOC(=O)c1ccc(N)cc1. The number of anilines is 1. The van der Waals surface area contributed by atoms with Crippen LogP contribution in [-0.2, 0) is 9.47 Å². The van der Waals surface area contributed by atoms with Crippen molar-refractivity contribution < 1.29 is 14.3 Å². The first-order valence-corrected chi connectivity index (χ1v) is 5.17. The van der Waals surface area contributed by atoms with Crippen molar-refractivity contribution in [2.45, 2.75) is 13.0 Å². The summed E-state index contributed by atoms with van der Waals surface area (Å²) in [6.45, 7) is 1.95. The predicted octanol–water partition coefficient (Wildman–Crippen LogP) is 1.35. The topological polar surface area (TPSA) is 85.3 Å². The maximum Gasteiger partial charge on any atom is 0.338 e. The van der Waals surface area contributed by atoms with E-state index in [0.29, 0.717) is 11.3 Å². The summed E-state index contributed by atoms with van der Waals surface area (Å²) in [5, 5.41) is 8.45. The first-order chi connectivity index (χ1) is 8.13. The van der Waals surface area contributed by atoms with E-state index in [2.05, 4.69) is 0 Å². The fraction of sp³-hybridized carbons (Fsp3) is 0.333. The molecule has 5 heteroatoms. The summed E-state index contributed by atoms with van der Waals surface area (Å²) >= 11 is 0. The molecule has 0 aliphatic heterocycles. The molecule has 0 radical (unpaired) electrons. The van der Waals surface area contributed by atoms with Gasteiger partial charge in [0.05, 0.1) is 18.2 Å². The number of rotatable bonds is 5. The van der Waals surface area contributed by atoms with E-state index in [1.807, 2.05) is 6.07 Å². The van der Waals surface area contributed by atoms with Crippen molar-refractivity contribution in [2.75, 3.05) is 18.9 Å². The van der Waals surface area contributed by atoms with Crippen molar-refractivity contribution in [3.8, 4) is 6.07 Å². The number of benzene rings is 1. The molecule has 0 aromatic heterocycles. The van der Waals surface area contributed by atoms with Gasteiger partial charge in [0, 0.05) is 5.69 Å². The molecule has 0 bridgehead atoms. The summed E-state index contributed by atoms with van der Waals surface area (Å²) in [6, 6.07) is 8.36. The average molecular weight is 234 g/mol. The van der Waals surface area contributed by atoms with E-state index < -0.39 is 12.1 Å². The highest BCUT2D eigenvalue weighted by molar-refractivity contribution is 5.89. The van der Waals surface area contributed by atoms with E-state index in [-0.39, 0.29) is 13.2 Å².